The van der Waals surface area contributed by atoms with Crippen molar-refractivity contribution in [3.63, 3.8) is 0 Å². The summed E-state index contributed by atoms with van der Waals surface area (Å²) in [5, 5.41) is 7.38. The van der Waals surface area contributed by atoms with Gasteiger partial charge in [0.05, 0.1) is 28.9 Å². The summed E-state index contributed by atoms with van der Waals surface area (Å²) in [4.78, 5) is 35.1. The average molecular weight is 580 g/mol. The van der Waals surface area contributed by atoms with Crippen LogP contribution in [0.3, 0.4) is 0 Å². The van der Waals surface area contributed by atoms with Crippen molar-refractivity contribution in [2.45, 2.75) is 58.1 Å². The molecule has 1 aromatic carbocycles. The quantitative estimate of drug-likeness (QED) is 0.313. The normalized spacial score (nSPS) is 16.6. The second kappa shape index (κ2) is 10.7. The van der Waals surface area contributed by atoms with Crippen molar-refractivity contribution in [2.24, 2.45) is 0 Å². The number of imidazole rings is 1. The highest BCUT2D eigenvalue weighted by Gasteiger charge is 2.37. The lowest BCUT2D eigenvalue weighted by Gasteiger charge is -2.23. The Balaban J connectivity index is 1.36. The zero-order chi connectivity index (χ0) is 29.6. The number of hydrogen-bond acceptors (Lipinski definition) is 6. The number of pyridine rings is 2. The molecule has 13 heteroatoms. The zero-order valence-corrected chi connectivity index (χ0v) is 22.9. The van der Waals surface area contributed by atoms with Gasteiger partial charge in [0.25, 0.3) is 0 Å². The molecule has 0 aliphatic carbocycles. The van der Waals surface area contributed by atoms with Gasteiger partial charge in [-0.3, -0.25) is 14.3 Å². The van der Waals surface area contributed by atoms with Gasteiger partial charge < -0.3 is 10.1 Å². The Morgan fingerprint density at radius 3 is 2.67 bits per heavy atom. The fraction of sp³-hybridized carbons (Fsp3) is 0.345. The first kappa shape index (κ1) is 27.6. The Bertz CT molecular complexity index is 1830. The van der Waals surface area contributed by atoms with Crippen LogP contribution in [0.15, 0.2) is 59.9 Å². The number of carbonyl (C=O) groups is 1. The summed E-state index contributed by atoms with van der Waals surface area (Å²) in [6.45, 7) is 2.77. The van der Waals surface area contributed by atoms with Crippen molar-refractivity contribution >= 4 is 27.8 Å². The molecule has 5 aromatic rings. The highest BCUT2D eigenvalue weighted by Crippen LogP contribution is 2.31. The lowest BCUT2D eigenvalue weighted by molar-refractivity contribution is -0.158. The molecule has 218 valence electrons. The van der Waals surface area contributed by atoms with E-state index in [2.05, 4.69) is 15.1 Å². The molecule has 0 spiro atoms. The molecule has 6 rings (SSSR count). The molecule has 5 heterocycles. The largest absolute Gasteiger partial charge is 0.408 e. The molecule has 1 aliphatic heterocycles. The van der Waals surface area contributed by atoms with Crippen molar-refractivity contribution in [2.75, 3.05) is 6.61 Å². The highest BCUT2D eigenvalue weighted by molar-refractivity contribution is 5.93. The smallest absolute Gasteiger partial charge is 0.356 e. The van der Waals surface area contributed by atoms with Crippen LogP contribution in [0.2, 0.25) is 0 Å². The van der Waals surface area contributed by atoms with E-state index in [1.165, 1.54) is 4.57 Å². The summed E-state index contributed by atoms with van der Waals surface area (Å²) in [5.41, 5.74) is 3.49. The Kier molecular flexibility index (Phi) is 7.05. The minimum Gasteiger partial charge on any atom is -0.356 e. The average Bonchev–Trinajstić information content (AvgIpc) is 3.53. The van der Waals surface area contributed by atoms with Crippen molar-refractivity contribution in [3.8, 4) is 16.9 Å². The predicted octanol–water partition coefficient (Wildman–Crippen LogP) is 4.67. The van der Waals surface area contributed by atoms with Crippen LogP contribution in [0, 0.1) is 6.92 Å². The molecule has 0 radical (unpaired) electrons. The zero-order valence-electron chi connectivity index (χ0n) is 22.9. The summed E-state index contributed by atoms with van der Waals surface area (Å²) < 4.78 is 49.2. The van der Waals surface area contributed by atoms with Crippen LogP contribution in [0.25, 0.3) is 38.9 Å². The molecule has 1 N–H and O–H groups in total. The van der Waals surface area contributed by atoms with E-state index < -0.39 is 30.4 Å². The Morgan fingerprint density at radius 2 is 1.95 bits per heavy atom. The number of nitrogens with zero attached hydrogens (tertiary/aromatic N) is 6. The molecule has 2 atom stereocenters. The van der Waals surface area contributed by atoms with E-state index in [0.717, 1.165) is 58.3 Å². The van der Waals surface area contributed by atoms with E-state index >= 15 is 0 Å². The number of alkyl halides is 3. The molecule has 0 bridgehead atoms. The number of amides is 1. The first-order chi connectivity index (χ1) is 20.1. The van der Waals surface area contributed by atoms with E-state index in [1.807, 2.05) is 29.1 Å². The number of aromatic nitrogens is 6. The van der Waals surface area contributed by atoms with E-state index in [1.54, 1.807) is 43.0 Å². The van der Waals surface area contributed by atoms with Gasteiger partial charge in [-0.25, -0.2) is 19.0 Å². The molecular formula is C29H28F3N7O3. The minimum atomic E-state index is -4.60. The monoisotopic (exact) mass is 579 g/mol. The van der Waals surface area contributed by atoms with E-state index in [0.29, 0.717) is 23.5 Å². The number of halogens is 3. The van der Waals surface area contributed by atoms with Gasteiger partial charge in [-0.1, -0.05) is 12.1 Å². The number of rotatable bonds is 6. The lowest BCUT2D eigenvalue weighted by atomic mass is 10.1. The number of benzene rings is 1. The van der Waals surface area contributed by atoms with Crippen LogP contribution in [0.4, 0.5) is 13.2 Å². The lowest BCUT2D eigenvalue weighted by Crippen LogP contribution is -2.45. The van der Waals surface area contributed by atoms with Crippen LogP contribution in [-0.4, -0.2) is 53.6 Å². The van der Waals surface area contributed by atoms with Crippen molar-refractivity contribution in [1.82, 2.24) is 34.2 Å². The number of aryl methyl sites for hydroxylation is 1. The van der Waals surface area contributed by atoms with Crippen LogP contribution >= 0.6 is 0 Å². The number of fused-ring (bicyclic) bond motifs is 2. The molecular weight excluding hydrogens is 551 g/mol. The topological polar surface area (TPSA) is 109 Å². The molecule has 1 saturated heterocycles. The second-order valence-corrected chi connectivity index (χ2v) is 10.4. The Morgan fingerprint density at radius 1 is 1.12 bits per heavy atom. The molecule has 1 fully saturated rings. The number of carbonyl (C=O) groups excluding carboxylic acids is 1. The van der Waals surface area contributed by atoms with Gasteiger partial charge in [0.2, 0.25) is 5.91 Å². The predicted molar refractivity (Wildman–Crippen MR) is 149 cm³/mol. The minimum absolute atomic E-state index is 0.139. The Hall–Kier alpha value is -4.52. The van der Waals surface area contributed by atoms with Crippen molar-refractivity contribution in [3.05, 3.63) is 71.2 Å². The summed E-state index contributed by atoms with van der Waals surface area (Å²) >= 11 is 0. The van der Waals surface area contributed by atoms with Crippen molar-refractivity contribution in [1.29, 1.82) is 0 Å². The van der Waals surface area contributed by atoms with E-state index in [4.69, 9.17) is 4.74 Å². The summed E-state index contributed by atoms with van der Waals surface area (Å²) in [7, 11) is 0. The number of ether oxygens (including phenoxy) is 1. The van der Waals surface area contributed by atoms with E-state index in [-0.39, 0.29) is 6.23 Å². The van der Waals surface area contributed by atoms with Gasteiger partial charge in [0.15, 0.2) is 6.23 Å². The SMILES string of the molecule is Cc1cccc2c1n(-c1ccc(-c3cncc4c3cnn4C3CCCCO3)cn1)c(=O)n2CC(=O)N[C@@H](C)C(F)(F)F. The first-order valence-electron chi connectivity index (χ1n) is 13.6. The first-order valence-corrected chi connectivity index (χ1v) is 13.6. The fourth-order valence-electron chi connectivity index (χ4n) is 5.36. The summed E-state index contributed by atoms with van der Waals surface area (Å²) in [5.74, 6) is -0.622. The third-order valence-corrected chi connectivity index (χ3v) is 7.56. The molecule has 1 unspecified atom stereocenters. The maximum absolute atomic E-state index is 13.6. The molecule has 1 amide bonds. The van der Waals surface area contributed by atoms with Crippen LogP contribution in [-0.2, 0) is 16.1 Å². The molecule has 4 aromatic heterocycles. The second-order valence-electron chi connectivity index (χ2n) is 10.4. The summed E-state index contributed by atoms with van der Waals surface area (Å²) in [6, 6.07) is 6.63. The maximum Gasteiger partial charge on any atom is 0.408 e. The number of para-hydroxylation sites is 1. The number of hydrogen-bond donors (Lipinski definition) is 1. The van der Waals surface area contributed by atoms with Gasteiger partial charge in [-0.2, -0.15) is 18.3 Å². The maximum atomic E-state index is 13.6. The van der Waals surface area contributed by atoms with Crippen LogP contribution in [0.5, 0.6) is 0 Å². The Labute approximate surface area is 237 Å². The van der Waals surface area contributed by atoms with Gasteiger partial charge >= 0.3 is 11.9 Å². The van der Waals surface area contributed by atoms with Crippen LogP contribution in [0.1, 0.15) is 38.0 Å². The molecule has 0 saturated carbocycles. The van der Waals surface area contributed by atoms with Gasteiger partial charge in [0, 0.05) is 35.5 Å². The molecule has 10 nitrogen and oxygen atoms in total. The summed E-state index contributed by atoms with van der Waals surface area (Å²) in [6.07, 6.45) is 5.14. The molecule has 42 heavy (non-hydrogen) atoms. The van der Waals surface area contributed by atoms with E-state index in [9.17, 15) is 22.8 Å². The van der Waals surface area contributed by atoms with Crippen LogP contribution < -0.4 is 11.0 Å². The molecule has 1 aliphatic rings. The third kappa shape index (κ3) is 4.93. The fourth-order valence-corrected chi connectivity index (χ4v) is 5.36. The number of nitrogens with one attached hydrogen (secondary N) is 1. The third-order valence-electron chi connectivity index (χ3n) is 7.56. The van der Waals surface area contributed by atoms with Gasteiger partial charge in [-0.15, -0.1) is 0 Å². The standard InChI is InChI=1S/C29H28F3N7O3/c1-17-6-5-7-22-27(17)38(28(41)37(22)16-25(40)36-18(2)29(30,31)32)24-10-9-19(12-34-24)20-13-33-15-23-21(20)14-35-39(23)26-8-3-4-11-42-26/h5-7,9-10,12-15,18,26H,3-4,8,11,16H2,1-2H3,(H,36,40)/t18-,26?/m0/s1. The van der Waals surface area contributed by atoms with Crippen molar-refractivity contribution < 1.29 is 22.7 Å². The van der Waals surface area contributed by atoms with Gasteiger partial charge in [0.1, 0.15) is 18.4 Å². The van der Waals surface area contributed by atoms with Gasteiger partial charge in [-0.05, 0) is 56.9 Å². The highest BCUT2D eigenvalue weighted by atomic mass is 19.4.